The van der Waals surface area contributed by atoms with Crippen LogP contribution in [0.1, 0.15) is 49.7 Å². The lowest BCUT2D eigenvalue weighted by Crippen LogP contribution is -2.34. The van der Waals surface area contributed by atoms with E-state index < -0.39 is 23.4 Å². The molecule has 0 radical (unpaired) electrons. The van der Waals surface area contributed by atoms with E-state index in [-0.39, 0.29) is 24.8 Å². The molecule has 1 aliphatic rings. The van der Waals surface area contributed by atoms with E-state index in [1.54, 1.807) is 0 Å². The Morgan fingerprint density at radius 2 is 2.04 bits per heavy atom. The molecule has 1 saturated heterocycles. The molecule has 2 heterocycles. The molecule has 1 aliphatic heterocycles. The third kappa shape index (κ3) is 7.28. The van der Waals surface area contributed by atoms with E-state index in [0.29, 0.717) is 26.3 Å². The number of carbonyl (C=O) groups excluding carboxylic acids is 2. The number of aromatic amines is 1. The summed E-state index contributed by atoms with van der Waals surface area (Å²) >= 11 is 0. The SMILES string of the molecule is CCC.CF.NCC(=O)OCC1CCC(n2cc(C=O)c(=O)[nH]c2=O)O1. The zero-order valence-electron chi connectivity index (χ0n) is 15.2. The average Bonchev–Trinajstić information content (AvgIpc) is 3.11. The van der Waals surface area contributed by atoms with Crippen molar-refractivity contribution in [1.82, 2.24) is 9.55 Å². The third-order valence-corrected chi connectivity index (χ3v) is 3.11. The minimum Gasteiger partial charge on any atom is -0.462 e. The summed E-state index contributed by atoms with van der Waals surface area (Å²) in [5.74, 6) is -0.536. The molecule has 2 atom stereocenters. The number of aldehydes is 1. The summed E-state index contributed by atoms with van der Waals surface area (Å²) in [6, 6.07) is 0. The van der Waals surface area contributed by atoms with Gasteiger partial charge in [0, 0.05) is 6.20 Å². The summed E-state index contributed by atoms with van der Waals surface area (Å²) in [5, 5.41) is 0. The van der Waals surface area contributed by atoms with Gasteiger partial charge in [-0.2, -0.15) is 0 Å². The number of alkyl halides is 1. The van der Waals surface area contributed by atoms with Crippen molar-refractivity contribution >= 4 is 12.3 Å². The van der Waals surface area contributed by atoms with Crippen molar-refractivity contribution in [2.45, 2.75) is 45.4 Å². The van der Waals surface area contributed by atoms with E-state index in [1.165, 1.54) is 6.42 Å². The van der Waals surface area contributed by atoms with E-state index in [1.807, 2.05) is 4.98 Å². The van der Waals surface area contributed by atoms with E-state index in [2.05, 4.69) is 13.8 Å². The van der Waals surface area contributed by atoms with E-state index in [9.17, 15) is 23.6 Å². The molecule has 148 valence electrons. The van der Waals surface area contributed by atoms with Gasteiger partial charge >= 0.3 is 11.7 Å². The third-order valence-electron chi connectivity index (χ3n) is 3.11. The van der Waals surface area contributed by atoms with Crippen LogP contribution in [0.3, 0.4) is 0 Å². The number of nitrogens with zero attached hydrogens (tertiary/aromatic N) is 1. The van der Waals surface area contributed by atoms with Gasteiger partial charge < -0.3 is 15.2 Å². The van der Waals surface area contributed by atoms with Gasteiger partial charge in [0.1, 0.15) is 12.8 Å². The van der Waals surface area contributed by atoms with Gasteiger partial charge in [0.05, 0.1) is 25.4 Å². The van der Waals surface area contributed by atoms with Crippen LogP contribution in [0.2, 0.25) is 0 Å². The van der Waals surface area contributed by atoms with E-state index >= 15 is 0 Å². The van der Waals surface area contributed by atoms with Gasteiger partial charge in [-0.05, 0) is 12.8 Å². The number of nitrogens with two attached hydrogens (primary N) is 1. The highest BCUT2D eigenvalue weighted by atomic mass is 19.1. The molecule has 10 heteroatoms. The second-order valence-electron chi connectivity index (χ2n) is 5.25. The van der Waals surface area contributed by atoms with Gasteiger partial charge in [0.25, 0.3) is 5.56 Å². The van der Waals surface area contributed by atoms with Crippen LogP contribution in [0.25, 0.3) is 0 Å². The first kappa shape index (κ1) is 23.7. The highest BCUT2D eigenvalue weighted by Crippen LogP contribution is 2.27. The molecule has 2 rings (SSSR count). The molecule has 0 saturated carbocycles. The van der Waals surface area contributed by atoms with Crippen molar-refractivity contribution < 1.29 is 23.5 Å². The van der Waals surface area contributed by atoms with Crippen molar-refractivity contribution in [3.05, 3.63) is 32.6 Å². The summed E-state index contributed by atoms with van der Waals surface area (Å²) in [6.45, 7) is 4.09. The molecule has 2 unspecified atom stereocenters. The Balaban J connectivity index is 0.00000113. The Labute approximate surface area is 150 Å². The van der Waals surface area contributed by atoms with Crippen LogP contribution in [0.5, 0.6) is 0 Å². The molecule has 0 aromatic carbocycles. The Hall–Kier alpha value is -2.33. The second-order valence-corrected chi connectivity index (χ2v) is 5.25. The molecule has 0 bridgehead atoms. The molecule has 26 heavy (non-hydrogen) atoms. The molecule has 9 nitrogen and oxygen atoms in total. The molecule has 1 fully saturated rings. The zero-order valence-corrected chi connectivity index (χ0v) is 15.2. The average molecular weight is 375 g/mol. The molecule has 0 spiro atoms. The molecular weight excluding hydrogens is 349 g/mol. The first-order valence-electron chi connectivity index (χ1n) is 8.16. The van der Waals surface area contributed by atoms with Crippen LogP contribution in [0, 0.1) is 0 Å². The quantitative estimate of drug-likeness (QED) is 0.566. The first-order valence-corrected chi connectivity index (χ1v) is 8.16. The number of halogens is 1. The highest BCUT2D eigenvalue weighted by molar-refractivity contribution is 5.73. The van der Waals surface area contributed by atoms with Gasteiger partial charge in [-0.25, -0.2) is 4.79 Å². The number of hydrogen-bond acceptors (Lipinski definition) is 7. The zero-order chi connectivity index (χ0) is 20.1. The fourth-order valence-corrected chi connectivity index (χ4v) is 2.06. The smallest absolute Gasteiger partial charge is 0.330 e. The van der Waals surface area contributed by atoms with Gasteiger partial charge in [-0.1, -0.05) is 20.3 Å². The fraction of sp³-hybridized carbons (Fsp3) is 0.625. The minimum absolute atomic E-state index is 0.0468. The number of carbonyl (C=O) groups is 2. The Morgan fingerprint density at radius 3 is 2.58 bits per heavy atom. The van der Waals surface area contributed by atoms with Crippen LogP contribution < -0.4 is 17.0 Å². The summed E-state index contributed by atoms with van der Waals surface area (Å²) in [6.07, 6.45) is 2.87. The first-order chi connectivity index (χ1) is 12.5. The van der Waals surface area contributed by atoms with Gasteiger partial charge in [-0.15, -0.1) is 0 Å². The topological polar surface area (TPSA) is 133 Å². The number of nitrogens with one attached hydrogen (secondary N) is 1. The van der Waals surface area contributed by atoms with E-state index in [0.717, 1.165) is 10.8 Å². The van der Waals surface area contributed by atoms with Crippen molar-refractivity contribution in [3.63, 3.8) is 0 Å². The number of hydrogen-bond donors (Lipinski definition) is 2. The maximum absolute atomic E-state index is 11.7. The summed E-state index contributed by atoms with van der Waals surface area (Å²) in [4.78, 5) is 46.8. The monoisotopic (exact) mass is 375 g/mol. The van der Waals surface area contributed by atoms with Crippen LogP contribution in [-0.4, -0.2) is 48.2 Å². The number of rotatable bonds is 5. The Bertz CT molecular complexity index is 673. The fourth-order valence-electron chi connectivity index (χ4n) is 2.06. The predicted molar refractivity (Wildman–Crippen MR) is 92.9 cm³/mol. The predicted octanol–water partition coefficient (Wildman–Crippen LogP) is 0.531. The number of H-pyrrole nitrogens is 1. The van der Waals surface area contributed by atoms with Gasteiger partial charge in [0.2, 0.25) is 0 Å². The molecule has 1 aromatic heterocycles. The molecule has 0 amide bonds. The summed E-state index contributed by atoms with van der Waals surface area (Å²) in [5.41, 5.74) is 3.56. The van der Waals surface area contributed by atoms with Crippen LogP contribution >= 0.6 is 0 Å². The van der Waals surface area contributed by atoms with E-state index in [4.69, 9.17) is 15.2 Å². The maximum atomic E-state index is 11.7. The lowest BCUT2D eigenvalue weighted by atomic mass is 10.2. The van der Waals surface area contributed by atoms with Crippen molar-refractivity contribution in [2.24, 2.45) is 5.73 Å². The number of aromatic nitrogens is 2. The minimum atomic E-state index is -0.738. The number of esters is 1. The van der Waals surface area contributed by atoms with Crippen molar-refractivity contribution in [3.8, 4) is 0 Å². The lowest BCUT2D eigenvalue weighted by molar-refractivity contribution is -0.146. The lowest BCUT2D eigenvalue weighted by Gasteiger charge is -2.15. The largest absolute Gasteiger partial charge is 0.462 e. The normalized spacial score (nSPS) is 18.0. The van der Waals surface area contributed by atoms with Gasteiger partial charge in [0.15, 0.2) is 6.29 Å². The highest BCUT2D eigenvalue weighted by Gasteiger charge is 2.28. The Morgan fingerprint density at radius 1 is 1.42 bits per heavy atom. The van der Waals surface area contributed by atoms with Crippen LogP contribution in [0.4, 0.5) is 4.39 Å². The number of ether oxygens (including phenoxy) is 2. The molecular formula is C16H26FN3O6. The maximum Gasteiger partial charge on any atom is 0.330 e. The standard InChI is InChI=1S/C12H15N3O6.C3H8.CH3F/c13-3-10(17)20-6-8-1-2-9(21-8)15-4-7(5-16)11(18)14-12(15)19;1-3-2;1-2/h4-5,8-9H,1-3,6,13H2,(H,14,18,19);3H2,1-2H3;1H3. The van der Waals surface area contributed by atoms with Crippen LogP contribution in [-0.2, 0) is 14.3 Å². The molecule has 0 aliphatic carbocycles. The summed E-state index contributed by atoms with van der Waals surface area (Å²) < 4.78 is 21.1. The molecule has 1 aromatic rings. The summed E-state index contributed by atoms with van der Waals surface area (Å²) in [7, 11) is 0.500. The van der Waals surface area contributed by atoms with Gasteiger partial charge in [-0.3, -0.25) is 28.3 Å². The van der Waals surface area contributed by atoms with Crippen molar-refractivity contribution in [1.29, 1.82) is 0 Å². The molecule has 3 N–H and O–H groups in total. The Kier molecular flexibility index (Phi) is 11.8. The second kappa shape index (κ2) is 13.0. The van der Waals surface area contributed by atoms with Crippen LogP contribution in [0.15, 0.2) is 15.8 Å². The van der Waals surface area contributed by atoms with Crippen molar-refractivity contribution in [2.75, 3.05) is 20.3 Å².